The summed E-state index contributed by atoms with van der Waals surface area (Å²) in [6, 6.07) is 14.2. The van der Waals surface area contributed by atoms with Gasteiger partial charge in [0.25, 0.3) is 5.91 Å². The maximum absolute atomic E-state index is 12.3. The monoisotopic (exact) mass is 346 g/mol. The van der Waals surface area contributed by atoms with Crippen LogP contribution in [0.15, 0.2) is 71.6 Å². The fourth-order valence-electron chi connectivity index (χ4n) is 2.32. The Labute approximate surface area is 148 Å². The third kappa shape index (κ3) is 3.44. The van der Waals surface area contributed by atoms with E-state index in [0.29, 0.717) is 23.1 Å². The number of hydrogen-bond donors (Lipinski definition) is 3. The molecule has 128 valence electrons. The van der Waals surface area contributed by atoms with E-state index in [1.165, 1.54) is 0 Å². The molecular weight excluding hydrogens is 332 g/mol. The number of aromatic nitrogens is 4. The van der Waals surface area contributed by atoms with Gasteiger partial charge in [0.15, 0.2) is 11.5 Å². The molecule has 26 heavy (non-hydrogen) atoms. The van der Waals surface area contributed by atoms with Gasteiger partial charge in [-0.3, -0.25) is 9.89 Å². The van der Waals surface area contributed by atoms with Crippen molar-refractivity contribution in [1.29, 1.82) is 0 Å². The van der Waals surface area contributed by atoms with Crippen molar-refractivity contribution >= 4 is 23.2 Å². The Morgan fingerprint density at radius 1 is 1.00 bits per heavy atom. The van der Waals surface area contributed by atoms with E-state index in [9.17, 15) is 4.79 Å². The topological polar surface area (TPSA) is 109 Å². The largest absolute Gasteiger partial charge is 0.463 e. The number of anilines is 3. The second kappa shape index (κ2) is 6.89. The lowest BCUT2D eigenvalue weighted by Gasteiger charge is -2.06. The summed E-state index contributed by atoms with van der Waals surface area (Å²) in [5.74, 6) is 0.813. The molecule has 8 nitrogen and oxygen atoms in total. The van der Waals surface area contributed by atoms with Gasteiger partial charge in [-0.2, -0.15) is 5.10 Å². The number of hydrogen-bond acceptors (Lipinski definition) is 6. The highest BCUT2D eigenvalue weighted by molar-refractivity contribution is 6.03. The third-order valence-corrected chi connectivity index (χ3v) is 3.56. The fraction of sp³-hybridized carbons (Fsp3) is 0. The van der Waals surface area contributed by atoms with E-state index < -0.39 is 0 Å². The second-order valence-electron chi connectivity index (χ2n) is 5.37. The van der Waals surface area contributed by atoms with Gasteiger partial charge in [-0.15, -0.1) is 0 Å². The molecule has 0 aliphatic heterocycles. The fourth-order valence-corrected chi connectivity index (χ4v) is 2.32. The number of amides is 1. The van der Waals surface area contributed by atoms with Crippen LogP contribution in [0.3, 0.4) is 0 Å². The van der Waals surface area contributed by atoms with Gasteiger partial charge in [0.05, 0.1) is 6.26 Å². The van der Waals surface area contributed by atoms with Crippen LogP contribution in [0.5, 0.6) is 0 Å². The highest BCUT2D eigenvalue weighted by Gasteiger charge is 2.13. The van der Waals surface area contributed by atoms with Gasteiger partial charge in [-0.05, 0) is 42.5 Å². The summed E-state index contributed by atoms with van der Waals surface area (Å²) in [7, 11) is 0. The molecule has 0 saturated heterocycles. The zero-order valence-electron chi connectivity index (χ0n) is 13.5. The van der Waals surface area contributed by atoms with Crippen molar-refractivity contribution in [3.05, 3.63) is 72.9 Å². The van der Waals surface area contributed by atoms with Crippen LogP contribution in [0.4, 0.5) is 17.3 Å². The number of furan rings is 1. The maximum Gasteiger partial charge on any atom is 0.276 e. The average molecular weight is 346 g/mol. The first kappa shape index (κ1) is 15.6. The molecule has 8 heteroatoms. The van der Waals surface area contributed by atoms with E-state index >= 15 is 0 Å². The van der Waals surface area contributed by atoms with Crippen LogP contribution in [0.1, 0.15) is 10.5 Å². The molecule has 0 atom stereocenters. The van der Waals surface area contributed by atoms with Gasteiger partial charge >= 0.3 is 0 Å². The van der Waals surface area contributed by atoms with Crippen LogP contribution in [0.25, 0.3) is 11.5 Å². The molecule has 4 aromatic rings. The molecular formula is C18H14N6O2. The third-order valence-electron chi connectivity index (χ3n) is 3.56. The van der Waals surface area contributed by atoms with E-state index in [1.807, 2.05) is 12.1 Å². The first-order valence-electron chi connectivity index (χ1n) is 7.83. The Hall–Kier alpha value is -3.94. The van der Waals surface area contributed by atoms with E-state index in [4.69, 9.17) is 4.42 Å². The summed E-state index contributed by atoms with van der Waals surface area (Å²) in [5, 5.41) is 12.7. The van der Waals surface area contributed by atoms with E-state index in [0.717, 1.165) is 5.69 Å². The summed E-state index contributed by atoms with van der Waals surface area (Å²) >= 11 is 0. The summed E-state index contributed by atoms with van der Waals surface area (Å²) in [5.41, 5.74) is 2.38. The van der Waals surface area contributed by atoms with Crippen LogP contribution in [-0.4, -0.2) is 26.1 Å². The van der Waals surface area contributed by atoms with Crippen LogP contribution in [-0.2, 0) is 0 Å². The molecule has 0 spiro atoms. The molecule has 0 saturated carbocycles. The van der Waals surface area contributed by atoms with Crippen molar-refractivity contribution < 1.29 is 9.21 Å². The van der Waals surface area contributed by atoms with Crippen molar-refractivity contribution in [1.82, 2.24) is 20.2 Å². The summed E-state index contributed by atoms with van der Waals surface area (Å²) in [4.78, 5) is 20.5. The first-order valence-corrected chi connectivity index (χ1v) is 7.83. The number of aromatic amines is 1. The summed E-state index contributed by atoms with van der Waals surface area (Å²) in [6.45, 7) is 0. The van der Waals surface area contributed by atoms with Crippen LogP contribution in [0.2, 0.25) is 0 Å². The SMILES string of the molecule is O=C(Nc1ccc(Nc2ncccn2)cc1)c1cc(-c2ccco2)[nH]n1. The molecule has 0 bridgehead atoms. The molecule has 3 N–H and O–H groups in total. The second-order valence-corrected chi connectivity index (χ2v) is 5.37. The van der Waals surface area contributed by atoms with Crippen LogP contribution < -0.4 is 10.6 Å². The van der Waals surface area contributed by atoms with Crippen LogP contribution >= 0.6 is 0 Å². The van der Waals surface area contributed by atoms with Gasteiger partial charge in [0, 0.05) is 29.8 Å². The molecule has 0 radical (unpaired) electrons. The van der Waals surface area contributed by atoms with Crippen molar-refractivity contribution in [2.45, 2.75) is 0 Å². The van der Waals surface area contributed by atoms with Crippen LogP contribution in [0, 0.1) is 0 Å². The lowest BCUT2D eigenvalue weighted by atomic mass is 10.2. The Balaban J connectivity index is 1.41. The van der Waals surface area contributed by atoms with E-state index in [2.05, 4.69) is 30.8 Å². The first-order chi connectivity index (χ1) is 12.8. The minimum Gasteiger partial charge on any atom is -0.463 e. The van der Waals surface area contributed by atoms with Gasteiger partial charge in [-0.1, -0.05) is 0 Å². The number of benzene rings is 1. The standard InChI is InChI=1S/C18H14N6O2/c25-17(15-11-14(23-24-15)16-3-1-10-26-16)21-12-4-6-13(7-5-12)22-18-19-8-2-9-20-18/h1-11H,(H,21,25)(H,23,24)(H,19,20,22). The van der Waals surface area contributed by atoms with E-state index in [-0.39, 0.29) is 11.6 Å². The number of nitrogens with one attached hydrogen (secondary N) is 3. The molecule has 3 heterocycles. The number of H-pyrrole nitrogens is 1. The number of nitrogens with zero attached hydrogens (tertiary/aromatic N) is 3. The Morgan fingerprint density at radius 3 is 2.50 bits per heavy atom. The zero-order valence-corrected chi connectivity index (χ0v) is 13.5. The molecule has 4 rings (SSSR count). The molecule has 1 aromatic carbocycles. The lowest BCUT2D eigenvalue weighted by Crippen LogP contribution is -2.12. The quantitative estimate of drug-likeness (QED) is 0.511. The molecule has 1 amide bonds. The average Bonchev–Trinajstić information content (AvgIpc) is 3.36. The predicted octanol–water partition coefficient (Wildman–Crippen LogP) is 3.46. The minimum absolute atomic E-state index is 0.274. The van der Waals surface area contributed by atoms with Gasteiger partial charge in [-0.25, -0.2) is 9.97 Å². The maximum atomic E-state index is 12.3. The summed E-state index contributed by atoms with van der Waals surface area (Å²) < 4.78 is 5.27. The van der Waals surface area contributed by atoms with Gasteiger partial charge in [0.1, 0.15) is 5.69 Å². The Kier molecular flexibility index (Phi) is 4.13. The van der Waals surface area contributed by atoms with Gasteiger partial charge in [0.2, 0.25) is 5.95 Å². The predicted molar refractivity (Wildman–Crippen MR) is 96.0 cm³/mol. The zero-order chi connectivity index (χ0) is 17.8. The minimum atomic E-state index is -0.314. The lowest BCUT2D eigenvalue weighted by molar-refractivity contribution is 0.102. The van der Waals surface area contributed by atoms with E-state index in [1.54, 1.807) is 55.1 Å². The molecule has 3 aromatic heterocycles. The molecule has 0 aliphatic carbocycles. The molecule has 0 unspecified atom stereocenters. The molecule has 0 aliphatic rings. The smallest absolute Gasteiger partial charge is 0.276 e. The Morgan fingerprint density at radius 2 is 1.77 bits per heavy atom. The number of carbonyl (C=O) groups is 1. The molecule has 0 fully saturated rings. The Bertz CT molecular complexity index is 994. The summed E-state index contributed by atoms with van der Waals surface area (Å²) in [6.07, 6.45) is 4.88. The highest BCUT2D eigenvalue weighted by atomic mass is 16.3. The highest BCUT2D eigenvalue weighted by Crippen LogP contribution is 2.19. The van der Waals surface area contributed by atoms with Crippen molar-refractivity contribution in [3.8, 4) is 11.5 Å². The van der Waals surface area contributed by atoms with Crippen molar-refractivity contribution in [2.24, 2.45) is 0 Å². The van der Waals surface area contributed by atoms with Crippen molar-refractivity contribution in [3.63, 3.8) is 0 Å². The van der Waals surface area contributed by atoms with Crippen molar-refractivity contribution in [2.75, 3.05) is 10.6 Å². The number of rotatable bonds is 5. The van der Waals surface area contributed by atoms with Gasteiger partial charge < -0.3 is 15.1 Å². The normalized spacial score (nSPS) is 10.5. The number of carbonyl (C=O) groups excluding carboxylic acids is 1.